The van der Waals surface area contributed by atoms with Crippen molar-refractivity contribution in [1.82, 2.24) is 29.9 Å². The third-order valence-electron chi connectivity index (χ3n) is 13.0. The molecule has 0 radical (unpaired) electrons. The Morgan fingerprint density at radius 2 is 0.814 bits per heavy atom. The SMILES string of the molecule is Cc1ccnc(-c2cc(Cc3c(F)c(F)c(-c4c(F)c(F)c(NC5C6CC7CC(C6)CC5C7)c(F)c4F)c(F)c3F)ccn2)c1.[Ru].c1ccc(-c2ccccn2)nc1.c1ccc(-c2ccccn2)nc1. The fourth-order valence-corrected chi connectivity index (χ4v) is 10.0. The van der Waals surface area contributed by atoms with Gasteiger partial charge in [-0.1, -0.05) is 24.3 Å². The van der Waals surface area contributed by atoms with Crippen LogP contribution >= 0.6 is 0 Å². The molecular weight excluding hydrogens is 1000 g/mol. The number of nitrogens with one attached hydrogen (secondary N) is 1. The summed E-state index contributed by atoms with van der Waals surface area (Å²) < 4.78 is 123. The van der Waals surface area contributed by atoms with Crippen LogP contribution in [0.4, 0.5) is 40.8 Å². The van der Waals surface area contributed by atoms with E-state index in [4.69, 9.17) is 0 Å². The van der Waals surface area contributed by atoms with Gasteiger partial charge in [0.05, 0.1) is 45.3 Å². The number of aryl methyl sites for hydroxylation is 1. The third kappa shape index (κ3) is 10.5. The second kappa shape index (κ2) is 21.9. The van der Waals surface area contributed by atoms with Gasteiger partial charge in [0.2, 0.25) is 0 Å². The molecule has 0 amide bonds. The van der Waals surface area contributed by atoms with Crippen LogP contribution in [0.3, 0.4) is 0 Å². The van der Waals surface area contributed by atoms with Crippen LogP contribution in [-0.4, -0.2) is 35.9 Å². The minimum Gasteiger partial charge on any atom is -0.377 e. The summed E-state index contributed by atoms with van der Waals surface area (Å²) in [5.41, 5.74) is -0.415. The summed E-state index contributed by atoms with van der Waals surface area (Å²) in [6.07, 6.45) is 13.7. The van der Waals surface area contributed by atoms with E-state index < -0.39 is 81.4 Å². The molecule has 6 aromatic heterocycles. The molecule has 8 aromatic rings. The van der Waals surface area contributed by atoms with E-state index in [0.717, 1.165) is 60.4 Å². The zero-order valence-corrected chi connectivity index (χ0v) is 39.1. The Morgan fingerprint density at radius 3 is 1.21 bits per heavy atom. The quantitative estimate of drug-likeness (QED) is 0.0921. The Labute approximate surface area is 411 Å². The molecule has 4 aliphatic rings. The maximum Gasteiger partial charge on any atom is 0.185 e. The van der Waals surface area contributed by atoms with Crippen LogP contribution in [-0.2, 0) is 25.9 Å². The number of anilines is 1. The van der Waals surface area contributed by atoms with Gasteiger partial charge >= 0.3 is 0 Å². The van der Waals surface area contributed by atoms with Crippen LogP contribution in [0.25, 0.3) is 45.3 Å². The average molecular weight is 1040 g/mol. The fourth-order valence-electron chi connectivity index (χ4n) is 10.0. The molecule has 1 N–H and O–H groups in total. The van der Waals surface area contributed by atoms with E-state index in [9.17, 15) is 0 Å². The van der Waals surface area contributed by atoms with Crippen molar-refractivity contribution in [3.05, 3.63) is 197 Å². The largest absolute Gasteiger partial charge is 0.377 e. The van der Waals surface area contributed by atoms with Gasteiger partial charge in [0.25, 0.3) is 0 Å². The molecule has 70 heavy (non-hydrogen) atoms. The van der Waals surface area contributed by atoms with Gasteiger partial charge in [-0.05, 0) is 147 Å². The first-order valence-corrected chi connectivity index (χ1v) is 22.5. The summed E-state index contributed by atoms with van der Waals surface area (Å²) in [6.45, 7) is 1.82. The molecule has 0 saturated heterocycles. The Kier molecular flexibility index (Phi) is 15.5. The van der Waals surface area contributed by atoms with E-state index in [1.54, 1.807) is 36.9 Å². The van der Waals surface area contributed by atoms with Gasteiger partial charge < -0.3 is 5.32 Å². The van der Waals surface area contributed by atoms with Gasteiger partial charge in [0.15, 0.2) is 46.5 Å². The second-order valence-electron chi connectivity index (χ2n) is 17.5. The Balaban J connectivity index is 0.000000213. The van der Waals surface area contributed by atoms with Crippen LogP contribution in [0, 0.1) is 77.1 Å². The van der Waals surface area contributed by atoms with Gasteiger partial charge in [0.1, 0.15) is 5.69 Å². The molecule has 4 saturated carbocycles. The molecule has 0 aliphatic heterocycles. The van der Waals surface area contributed by atoms with Gasteiger partial charge in [-0.15, -0.1) is 0 Å². The topological polar surface area (TPSA) is 89.4 Å². The van der Waals surface area contributed by atoms with Gasteiger partial charge in [-0.25, -0.2) is 35.1 Å². The molecule has 7 nitrogen and oxygen atoms in total. The first-order valence-electron chi connectivity index (χ1n) is 22.5. The van der Waals surface area contributed by atoms with Gasteiger partial charge in [-0.2, -0.15) is 0 Å². The molecule has 4 fully saturated rings. The van der Waals surface area contributed by atoms with Crippen LogP contribution in [0.2, 0.25) is 0 Å². The molecule has 4 aliphatic carbocycles. The van der Waals surface area contributed by atoms with E-state index in [2.05, 4.69) is 35.2 Å². The van der Waals surface area contributed by atoms with Crippen LogP contribution in [0.5, 0.6) is 0 Å². The Morgan fingerprint density at radius 1 is 0.429 bits per heavy atom. The van der Waals surface area contributed by atoms with E-state index in [0.29, 0.717) is 23.2 Å². The predicted molar refractivity (Wildman–Crippen MR) is 246 cm³/mol. The number of hydrogen-bond acceptors (Lipinski definition) is 7. The maximum atomic E-state index is 15.4. The predicted octanol–water partition coefficient (Wildman–Crippen LogP) is 13.3. The second-order valence-corrected chi connectivity index (χ2v) is 17.5. The van der Waals surface area contributed by atoms with E-state index in [-0.39, 0.29) is 36.9 Å². The zero-order valence-electron chi connectivity index (χ0n) is 37.4. The first kappa shape index (κ1) is 49.6. The van der Waals surface area contributed by atoms with Crippen molar-refractivity contribution >= 4 is 5.69 Å². The number of benzene rings is 2. The average Bonchev–Trinajstić information content (AvgIpc) is 3.38. The summed E-state index contributed by atoms with van der Waals surface area (Å²) >= 11 is 0. The summed E-state index contributed by atoms with van der Waals surface area (Å²) in [6, 6.07) is 29.0. The molecule has 16 heteroatoms. The Bertz CT molecular complexity index is 2850. The zero-order chi connectivity index (χ0) is 48.2. The molecule has 12 rings (SSSR count). The molecule has 358 valence electrons. The van der Waals surface area contributed by atoms with E-state index in [1.165, 1.54) is 24.5 Å². The summed E-state index contributed by atoms with van der Waals surface area (Å²) in [5.74, 6) is -15.3. The van der Waals surface area contributed by atoms with Crippen molar-refractivity contribution < 1.29 is 54.6 Å². The van der Waals surface area contributed by atoms with Crippen LogP contribution in [0.15, 0.2) is 134 Å². The number of pyridine rings is 6. The molecule has 6 heterocycles. The number of aromatic nitrogens is 6. The molecule has 0 atom stereocenters. The number of nitrogens with zero attached hydrogens (tertiary/aromatic N) is 6. The molecule has 0 spiro atoms. The minimum atomic E-state index is -2.18. The van der Waals surface area contributed by atoms with Crippen molar-refractivity contribution in [2.24, 2.45) is 23.7 Å². The summed E-state index contributed by atoms with van der Waals surface area (Å²) in [4.78, 5) is 25.1. The Hall–Kier alpha value is -6.80. The van der Waals surface area contributed by atoms with Gasteiger partial charge in [-0.3, -0.25) is 29.9 Å². The van der Waals surface area contributed by atoms with Gasteiger partial charge in [0, 0.05) is 74.7 Å². The van der Waals surface area contributed by atoms with Crippen molar-refractivity contribution in [2.75, 3.05) is 5.32 Å². The summed E-state index contributed by atoms with van der Waals surface area (Å²) in [5, 5.41) is 2.65. The fraction of sp³-hybridized carbons (Fsp3) is 0.222. The summed E-state index contributed by atoms with van der Waals surface area (Å²) in [7, 11) is 0. The number of halogens is 8. The van der Waals surface area contributed by atoms with E-state index in [1.807, 2.05) is 79.7 Å². The van der Waals surface area contributed by atoms with E-state index >= 15 is 35.1 Å². The first-order chi connectivity index (χ1) is 33.4. The number of hydrogen-bond donors (Lipinski definition) is 1. The molecule has 4 bridgehead atoms. The standard InChI is InChI=1S/C34H27F8N3.2C10H8N2.Ru/c1-14-2-4-43-21(6-14)22-13-15(3-5-44-22)12-20-25(35)27(37)23(28(38)26(20)36)24-29(39)31(41)34(32(42)30(24)40)45-33-18-8-16-7-17(10-18)11-19(33)9-16;2*1-3-7-11-9(5-1)10-6-2-4-8-12-10;/h2-6,13,16-19,33,45H,7-12H2,1H3;2*1-8H;. The third-order valence-corrected chi connectivity index (χ3v) is 13.0. The minimum absolute atomic E-state index is 0. The van der Waals surface area contributed by atoms with Crippen molar-refractivity contribution in [2.45, 2.75) is 51.5 Å². The molecule has 0 unspecified atom stereocenters. The number of rotatable bonds is 8. The maximum absolute atomic E-state index is 15.4. The van der Waals surface area contributed by atoms with Crippen molar-refractivity contribution in [3.8, 4) is 45.3 Å². The smallest absolute Gasteiger partial charge is 0.185 e. The van der Waals surface area contributed by atoms with Crippen LogP contribution in [0.1, 0.15) is 48.8 Å². The van der Waals surface area contributed by atoms with Crippen molar-refractivity contribution in [1.29, 1.82) is 0 Å². The monoisotopic (exact) mass is 1040 g/mol. The normalized spacial score (nSPS) is 18.4. The molecule has 2 aromatic carbocycles. The molecular formula is C54H43F8N7Ru. The van der Waals surface area contributed by atoms with Crippen molar-refractivity contribution in [3.63, 3.8) is 0 Å². The van der Waals surface area contributed by atoms with Crippen LogP contribution < -0.4 is 5.32 Å².